The van der Waals surface area contributed by atoms with Gasteiger partial charge in [-0.2, -0.15) is 4.99 Å². The second-order valence-electron chi connectivity index (χ2n) is 5.72. The number of terminal acetylenes is 1. The predicted molar refractivity (Wildman–Crippen MR) is 106 cm³/mol. The Kier molecular flexibility index (Phi) is 4.83. The van der Waals surface area contributed by atoms with Crippen molar-refractivity contribution in [2.24, 2.45) is 4.99 Å². The van der Waals surface area contributed by atoms with Gasteiger partial charge < -0.3 is 14.0 Å². The van der Waals surface area contributed by atoms with Crippen molar-refractivity contribution in [1.82, 2.24) is 4.57 Å². The van der Waals surface area contributed by atoms with Crippen molar-refractivity contribution >= 4 is 50.7 Å². The lowest BCUT2D eigenvalue weighted by atomic mass is 10.2. The summed E-state index contributed by atoms with van der Waals surface area (Å²) in [5.74, 6) is 3.22. The number of rotatable bonds is 2. The van der Waals surface area contributed by atoms with Gasteiger partial charge in [-0.05, 0) is 24.3 Å². The summed E-state index contributed by atoms with van der Waals surface area (Å²) in [7, 11) is 0. The van der Waals surface area contributed by atoms with E-state index in [-0.39, 0.29) is 13.2 Å². The Morgan fingerprint density at radius 3 is 2.89 bits per heavy atom. The van der Waals surface area contributed by atoms with Gasteiger partial charge in [0.1, 0.15) is 6.61 Å². The molecular weight excluding hydrogens is 407 g/mol. The summed E-state index contributed by atoms with van der Waals surface area (Å²) in [6.45, 7) is 0.310. The van der Waals surface area contributed by atoms with Crippen molar-refractivity contribution in [1.29, 1.82) is 0 Å². The molecule has 1 unspecified atom stereocenters. The van der Waals surface area contributed by atoms with E-state index in [9.17, 15) is 4.79 Å². The number of halogens is 2. The first-order valence-electron chi connectivity index (χ1n) is 7.95. The second-order valence-corrected chi connectivity index (χ2v) is 7.58. The van der Waals surface area contributed by atoms with Gasteiger partial charge in [0, 0.05) is 5.02 Å². The van der Waals surface area contributed by atoms with Crippen LogP contribution in [0.2, 0.25) is 10.0 Å². The highest BCUT2D eigenvalue weighted by atomic mass is 35.5. The van der Waals surface area contributed by atoms with Gasteiger partial charge in [-0.3, -0.25) is 4.79 Å². The summed E-state index contributed by atoms with van der Waals surface area (Å²) >= 11 is 13.7. The molecule has 3 aromatic rings. The topological polar surface area (TPSA) is 52.8 Å². The predicted octanol–water partition coefficient (Wildman–Crippen LogP) is 3.91. The third kappa shape index (κ3) is 3.42. The van der Waals surface area contributed by atoms with Crippen LogP contribution >= 0.6 is 34.5 Å². The molecule has 0 saturated heterocycles. The van der Waals surface area contributed by atoms with E-state index in [1.165, 1.54) is 11.3 Å². The molecule has 1 amide bonds. The van der Waals surface area contributed by atoms with Crippen LogP contribution in [0.15, 0.2) is 41.4 Å². The van der Waals surface area contributed by atoms with E-state index in [1.54, 1.807) is 28.8 Å². The maximum atomic E-state index is 12.7. The summed E-state index contributed by atoms with van der Waals surface area (Å²) in [5.41, 5.74) is 0.696. The Balaban J connectivity index is 1.74. The van der Waals surface area contributed by atoms with Gasteiger partial charge in [0.25, 0.3) is 5.91 Å². The lowest BCUT2D eigenvalue weighted by molar-refractivity contribution is -0.127. The standard InChI is InChI=1S/C19H12Cl2N2O3S/c1-2-7-23-17-12(21)8-11(20)9-16(17)27-19(23)22-18(24)15-10-25-13-5-3-4-6-14(13)26-15/h1,3-6,8-9,15H,7,10H2. The fourth-order valence-electron chi connectivity index (χ4n) is 2.76. The van der Waals surface area contributed by atoms with Crippen molar-refractivity contribution in [3.05, 3.63) is 51.2 Å². The smallest absolute Gasteiger partial charge is 0.292 e. The number of hydrogen-bond acceptors (Lipinski definition) is 4. The normalized spacial score (nSPS) is 16.3. The Bertz CT molecular complexity index is 1160. The third-order valence-electron chi connectivity index (χ3n) is 3.93. The molecule has 1 aliphatic rings. The molecule has 0 bridgehead atoms. The van der Waals surface area contributed by atoms with Crippen LogP contribution in [-0.4, -0.2) is 23.2 Å². The first-order valence-corrected chi connectivity index (χ1v) is 9.53. The summed E-state index contributed by atoms with van der Waals surface area (Å²) in [6, 6.07) is 10.6. The Morgan fingerprint density at radius 1 is 1.33 bits per heavy atom. The van der Waals surface area contributed by atoms with Gasteiger partial charge in [0.15, 0.2) is 16.3 Å². The molecule has 0 radical (unpaired) electrons. The van der Waals surface area contributed by atoms with Crippen molar-refractivity contribution in [3.63, 3.8) is 0 Å². The van der Waals surface area contributed by atoms with Gasteiger partial charge in [-0.25, -0.2) is 0 Å². The number of fused-ring (bicyclic) bond motifs is 2. The van der Waals surface area contributed by atoms with E-state index in [1.807, 2.05) is 12.1 Å². The molecule has 0 fully saturated rings. The van der Waals surface area contributed by atoms with Crippen LogP contribution in [-0.2, 0) is 11.3 Å². The molecule has 1 aromatic heterocycles. The first kappa shape index (κ1) is 17.9. The van der Waals surface area contributed by atoms with E-state index in [2.05, 4.69) is 10.9 Å². The minimum absolute atomic E-state index is 0.0893. The number of aromatic nitrogens is 1. The molecule has 4 rings (SSSR count). The van der Waals surface area contributed by atoms with Crippen LogP contribution in [0, 0.1) is 12.3 Å². The molecule has 0 aliphatic carbocycles. The molecule has 8 heteroatoms. The van der Waals surface area contributed by atoms with Gasteiger partial charge in [-0.1, -0.05) is 52.6 Å². The number of amides is 1. The Hall–Kier alpha value is -2.46. The molecule has 2 heterocycles. The SMILES string of the molecule is C#CCn1c(=NC(=O)C2COc3ccccc3O2)sc2cc(Cl)cc(Cl)c21. The minimum Gasteiger partial charge on any atom is -0.485 e. The van der Waals surface area contributed by atoms with Crippen LogP contribution in [0.25, 0.3) is 10.2 Å². The molecule has 2 aromatic carbocycles. The molecule has 5 nitrogen and oxygen atoms in total. The zero-order chi connectivity index (χ0) is 19.0. The Morgan fingerprint density at radius 2 is 2.11 bits per heavy atom. The number of carbonyl (C=O) groups excluding carboxylic acids is 1. The lowest BCUT2D eigenvalue weighted by Gasteiger charge is -2.23. The zero-order valence-electron chi connectivity index (χ0n) is 13.8. The van der Waals surface area contributed by atoms with E-state index >= 15 is 0 Å². The number of thiazole rings is 1. The molecule has 0 saturated carbocycles. The number of hydrogen-bond donors (Lipinski definition) is 0. The molecule has 136 valence electrons. The fraction of sp³-hybridized carbons (Fsp3) is 0.158. The summed E-state index contributed by atoms with van der Waals surface area (Å²) < 4.78 is 13.8. The summed E-state index contributed by atoms with van der Waals surface area (Å²) in [6.07, 6.45) is 4.65. The molecular formula is C19H12Cl2N2O3S. The average Bonchev–Trinajstić information content (AvgIpc) is 2.98. The molecule has 27 heavy (non-hydrogen) atoms. The van der Waals surface area contributed by atoms with Gasteiger partial charge in [0.05, 0.1) is 21.8 Å². The average molecular weight is 419 g/mol. The number of carbonyl (C=O) groups is 1. The summed E-state index contributed by atoms with van der Waals surface area (Å²) in [5, 5.41) is 0.948. The Labute approximate surface area is 168 Å². The van der Waals surface area contributed by atoms with E-state index in [0.29, 0.717) is 31.9 Å². The van der Waals surface area contributed by atoms with Gasteiger partial charge >= 0.3 is 0 Å². The van der Waals surface area contributed by atoms with Crippen molar-refractivity contribution in [2.75, 3.05) is 6.61 Å². The molecule has 0 spiro atoms. The zero-order valence-corrected chi connectivity index (χ0v) is 16.1. The maximum Gasteiger partial charge on any atom is 0.292 e. The van der Waals surface area contributed by atoms with Gasteiger partial charge in [-0.15, -0.1) is 6.42 Å². The highest BCUT2D eigenvalue weighted by Crippen LogP contribution is 2.32. The van der Waals surface area contributed by atoms with Crippen molar-refractivity contribution in [2.45, 2.75) is 12.6 Å². The van der Waals surface area contributed by atoms with E-state index in [0.717, 1.165) is 4.70 Å². The molecule has 1 aliphatic heterocycles. The highest BCUT2D eigenvalue weighted by Gasteiger charge is 2.27. The lowest BCUT2D eigenvalue weighted by Crippen LogP contribution is -2.36. The maximum absolute atomic E-state index is 12.7. The monoisotopic (exact) mass is 418 g/mol. The van der Waals surface area contributed by atoms with Crippen molar-refractivity contribution < 1.29 is 14.3 Å². The van der Waals surface area contributed by atoms with Crippen molar-refractivity contribution in [3.8, 4) is 23.8 Å². The van der Waals surface area contributed by atoms with Crippen LogP contribution < -0.4 is 14.3 Å². The third-order valence-corrected chi connectivity index (χ3v) is 5.47. The fourth-order valence-corrected chi connectivity index (χ4v) is 4.58. The number of ether oxygens (including phenoxy) is 2. The van der Waals surface area contributed by atoms with Crippen LogP contribution in [0.5, 0.6) is 11.5 Å². The quantitative estimate of drug-likeness (QED) is 0.592. The highest BCUT2D eigenvalue weighted by molar-refractivity contribution is 7.16. The van der Waals surface area contributed by atoms with E-state index in [4.69, 9.17) is 39.1 Å². The van der Waals surface area contributed by atoms with Gasteiger partial charge in [0.2, 0.25) is 6.10 Å². The van der Waals surface area contributed by atoms with Crippen LogP contribution in [0.4, 0.5) is 0 Å². The largest absolute Gasteiger partial charge is 0.485 e. The number of para-hydroxylation sites is 2. The van der Waals surface area contributed by atoms with Crippen LogP contribution in [0.3, 0.4) is 0 Å². The van der Waals surface area contributed by atoms with Crippen LogP contribution in [0.1, 0.15) is 0 Å². The summed E-state index contributed by atoms with van der Waals surface area (Å²) in [4.78, 5) is 17.3. The minimum atomic E-state index is -0.830. The molecule has 1 atom stereocenters. The second kappa shape index (κ2) is 7.28. The number of nitrogens with zero attached hydrogens (tertiary/aromatic N) is 2. The molecule has 0 N–H and O–H groups in total. The number of benzene rings is 2. The first-order chi connectivity index (χ1) is 13.1. The van der Waals surface area contributed by atoms with E-state index < -0.39 is 12.0 Å².